The van der Waals surface area contributed by atoms with Gasteiger partial charge in [-0.3, -0.25) is 13.9 Å². The van der Waals surface area contributed by atoms with E-state index in [-0.39, 0.29) is 13.0 Å². The fraction of sp³-hybridized carbons (Fsp3) is 0.600. The lowest BCUT2D eigenvalue weighted by Crippen LogP contribution is -2.38. The second-order valence-corrected chi connectivity index (χ2v) is 4.02. The van der Waals surface area contributed by atoms with Crippen LogP contribution in [-0.2, 0) is 11.8 Å². The van der Waals surface area contributed by atoms with Crippen LogP contribution in [0.5, 0.6) is 0 Å². The predicted octanol–water partition coefficient (Wildman–Crippen LogP) is -1.81. The Hall–Kier alpha value is -1.44. The Bertz CT molecular complexity index is 520. The van der Waals surface area contributed by atoms with Gasteiger partial charge in [0.05, 0.1) is 12.7 Å². The van der Waals surface area contributed by atoms with Gasteiger partial charge in [-0.15, -0.1) is 0 Å². The molecule has 0 radical (unpaired) electrons. The number of hydrogen-bond acceptors (Lipinski definition) is 5. The molecular weight excluding hydrogens is 228 g/mol. The number of aliphatic hydroxyl groups is 2. The maximum absolute atomic E-state index is 11.8. The van der Waals surface area contributed by atoms with Crippen molar-refractivity contribution in [3.05, 3.63) is 33.1 Å². The molecule has 0 saturated carbocycles. The summed E-state index contributed by atoms with van der Waals surface area (Å²) in [6, 6.07) is 1.25. The molecule has 0 aromatic carbocycles. The summed E-state index contributed by atoms with van der Waals surface area (Å²) >= 11 is 0. The minimum absolute atomic E-state index is 0.212. The van der Waals surface area contributed by atoms with E-state index >= 15 is 0 Å². The molecule has 2 unspecified atom stereocenters. The van der Waals surface area contributed by atoms with Gasteiger partial charge in [0.25, 0.3) is 5.56 Å². The fourth-order valence-electron chi connectivity index (χ4n) is 1.86. The van der Waals surface area contributed by atoms with Crippen LogP contribution in [0.4, 0.5) is 0 Å². The SMILES string of the molecule is Cn1c(=O)ccn(C2C[C@@H](O)C(CO)O2)c1=O. The van der Waals surface area contributed by atoms with E-state index in [4.69, 9.17) is 9.84 Å². The highest BCUT2D eigenvalue weighted by molar-refractivity contribution is 4.89. The zero-order valence-corrected chi connectivity index (χ0v) is 9.31. The van der Waals surface area contributed by atoms with E-state index in [1.54, 1.807) is 0 Å². The molecule has 1 fully saturated rings. The molecule has 0 aliphatic carbocycles. The molecule has 0 amide bonds. The van der Waals surface area contributed by atoms with Crippen molar-refractivity contribution < 1.29 is 14.9 Å². The maximum atomic E-state index is 11.8. The molecule has 2 rings (SSSR count). The van der Waals surface area contributed by atoms with Crippen LogP contribution in [0.1, 0.15) is 12.6 Å². The quantitative estimate of drug-likeness (QED) is 0.637. The average molecular weight is 242 g/mol. The molecule has 17 heavy (non-hydrogen) atoms. The van der Waals surface area contributed by atoms with Crippen LogP contribution in [0.2, 0.25) is 0 Å². The number of aliphatic hydroxyl groups excluding tert-OH is 2. The van der Waals surface area contributed by atoms with Gasteiger partial charge >= 0.3 is 5.69 Å². The summed E-state index contributed by atoms with van der Waals surface area (Å²) in [6.45, 7) is -0.307. The van der Waals surface area contributed by atoms with Gasteiger partial charge in [0, 0.05) is 25.7 Å². The summed E-state index contributed by atoms with van der Waals surface area (Å²) in [5.41, 5.74) is -0.906. The van der Waals surface area contributed by atoms with Gasteiger partial charge in [0.2, 0.25) is 0 Å². The molecular formula is C10H14N2O5. The number of aromatic nitrogens is 2. The molecule has 0 spiro atoms. The minimum Gasteiger partial charge on any atom is -0.394 e. The molecule has 3 atom stereocenters. The summed E-state index contributed by atoms with van der Waals surface area (Å²) < 4.78 is 7.53. The third-order valence-corrected chi connectivity index (χ3v) is 2.91. The van der Waals surface area contributed by atoms with Gasteiger partial charge in [-0.05, 0) is 0 Å². The van der Waals surface area contributed by atoms with Gasteiger partial charge in [0.1, 0.15) is 12.3 Å². The first-order chi connectivity index (χ1) is 8.04. The van der Waals surface area contributed by atoms with Gasteiger partial charge in [-0.1, -0.05) is 0 Å². The third kappa shape index (κ3) is 2.04. The van der Waals surface area contributed by atoms with E-state index in [1.165, 1.54) is 23.9 Å². The Labute approximate surface area is 96.5 Å². The first kappa shape index (κ1) is 12.0. The van der Waals surface area contributed by atoms with Gasteiger partial charge in [-0.25, -0.2) is 4.79 Å². The van der Waals surface area contributed by atoms with E-state index in [0.29, 0.717) is 0 Å². The fourth-order valence-corrected chi connectivity index (χ4v) is 1.86. The van der Waals surface area contributed by atoms with Crippen LogP contribution in [0.3, 0.4) is 0 Å². The van der Waals surface area contributed by atoms with E-state index in [9.17, 15) is 14.7 Å². The van der Waals surface area contributed by atoms with Crippen molar-refractivity contribution in [2.24, 2.45) is 7.05 Å². The standard InChI is InChI=1S/C10H14N2O5/c1-11-8(15)2-3-12(10(11)16)9-4-6(14)7(5-13)17-9/h2-3,6-7,9,13-14H,4-5H2,1H3/t6-,7?,9?/m1/s1. The summed E-state index contributed by atoms with van der Waals surface area (Å²) in [7, 11) is 1.37. The Morgan fingerprint density at radius 2 is 2.24 bits per heavy atom. The van der Waals surface area contributed by atoms with E-state index in [2.05, 4.69) is 0 Å². The van der Waals surface area contributed by atoms with E-state index in [0.717, 1.165) is 4.57 Å². The van der Waals surface area contributed by atoms with Crippen molar-refractivity contribution in [2.45, 2.75) is 24.9 Å². The molecule has 1 aliphatic heterocycles. The Morgan fingerprint density at radius 3 is 2.82 bits per heavy atom. The number of rotatable bonds is 2. The zero-order valence-electron chi connectivity index (χ0n) is 9.31. The zero-order chi connectivity index (χ0) is 12.6. The molecule has 1 saturated heterocycles. The molecule has 2 N–H and O–H groups in total. The van der Waals surface area contributed by atoms with Crippen LogP contribution >= 0.6 is 0 Å². The van der Waals surface area contributed by atoms with Crippen LogP contribution in [-0.4, -0.2) is 38.2 Å². The molecule has 7 nitrogen and oxygen atoms in total. The van der Waals surface area contributed by atoms with Gasteiger partial charge < -0.3 is 14.9 Å². The molecule has 0 bridgehead atoms. The molecule has 2 heterocycles. The third-order valence-electron chi connectivity index (χ3n) is 2.91. The average Bonchev–Trinajstić information content (AvgIpc) is 2.67. The topological polar surface area (TPSA) is 93.7 Å². The summed E-state index contributed by atoms with van der Waals surface area (Å²) in [4.78, 5) is 23.0. The van der Waals surface area contributed by atoms with Gasteiger partial charge in [-0.2, -0.15) is 0 Å². The summed E-state index contributed by atoms with van der Waals surface area (Å²) in [5, 5.41) is 18.5. The molecule has 1 aliphatic rings. The summed E-state index contributed by atoms with van der Waals surface area (Å²) in [6.07, 6.45) is -0.606. The highest BCUT2D eigenvalue weighted by atomic mass is 16.5. The minimum atomic E-state index is -0.811. The van der Waals surface area contributed by atoms with Crippen molar-refractivity contribution >= 4 is 0 Å². The largest absolute Gasteiger partial charge is 0.394 e. The van der Waals surface area contributed by atoms with Crippen molar-refractivity contribution in [3.8, 4) is 0 Å². The Balaban J connectivity index is 2.34. The van der Waals surface area contributed by atoms with Crippen LogP contribution in [0.15, 0.2) is 21.9 Å². The van der Waals surface area contributed by atoms with Crippen molar-refractivity contribution in [2.75, 3.05) is 6.61 Å². The van der Waals surface area contributed by atoms with Crippen LogP contribution < -0.4 is 11.2 Å². The first-order valence-electron chi connectivity index (χ1n) is 5.27. The number of hydrogen-bond donors (Lipinski definition) is 2. The van der Waals surface area contributed by atoms with Crippen molar-refractivity contribution in [1.82, 2.24) is 9.13 Å². The van der Waals surface area contributed by atoms with Crippen molar-refractivity contribution in [1.29, 1.82) is 0 Å². The Kier molecular flexibility index (Phi) is 3.14. The lowest BCUT2D eigenvalue weighted by Gasteiger charge is -2.14. The van der Waals surface area contributed by atoms with Crippen LogP contribution in [0, 0.1) is 0 Å². The van der Waals surface area contributed by atoms with E-state index in [1.807, 2.05) is 0 Å². The Morgan fingerprint density at radius 1 is 1.53 bits per heavy atom. The molecule has 94 valence electrons. The number of nitrogens with zero attached hydrogens (tertiary/aromatic N) is 2. The van der Waals surface area contributed by atoms with Gasteiger partial charge in [0.15, 0.2) is 0 Å². The summed E-state index contributed by atoms with van der Waals surface area (Å²) in [5.74, 6) is 0. The monoisotopic (exact) mass is 242 g/mol. The second kappa shape index (κ2) is 4.44. The highest BCUT2D eigenvalue weighted by Gasteiger charge is 2.34. The normalized spacial score (nSPS) is 28.5. The lowest BCUT2D eigenvalue weighted by molar-refractivity contribution is -0.0462. The predicted molar refractivity (Wildman–Crippen MR) is 57.6 cm³/mol. The first-order valence-corrected chi connectivity index (χ1v) is 5.27. The van der Waals surface area contributed by atoms with E-state index < -0.39 is 29.7 Å². The smallest absolute Gasteiger partial charge is 0.332 e. The molecule has 7 heteroatoms. The maximum Gasteiger partial charge on any atom is 0.332 e. The lowest BCUT2D eigenvalue weighted by atomic mass is 10.2. The van der Waals surface area contributed by atoms with Crippen LogP contribution in [0.25, 0.3) is 0 Å². The number of ether oxygens (including phenoxy) is 1. The second-order valence-electron chi connectivity index (χ2n) is 4.02. The van der Waals surface area contributed by atoms with Crippen molar-refractivity contribution in [3.63, 3.8) is 0 Å². The highest BCUT2D eigenvalue weighted by Crippen LogP contribution is 2.26. The molecule has 1 aromatic heterocycles. The molecule has 1 aromatic rings.